The van der Waals surface area contributed by atoms with Crippen LogP contribution in [-0.4, -0.2) is 28.8 Å². The van der Waals surface area contributed by atoms with Crippen LogP contribution in [0.5, 0.6) is 0 Å². The summed E-state index contributed by atoms with van der Waals surface area (Å²) in [5.41, 5.74) is 0.970. The third-order valence-electron chi connectivity index (χ3n) is 2.57. The average Bonchev–Trinajstić information content (AvgIpc) is 2.73. The van der Waals surface area contributed by atoms with Crippen molar-refractivity contribution in [2.45, 2.75) is 39.3 Å². The maximum atomic E-state index is 11.1. The van der Waals surface area contributed by atoms with Crippen molar-refractivity contribution < 1.29 is 4.79 Å². The SMILES string of the molecule is CCC(CC)Nc1cnn(CC(=O)NC)c1. The number of carbonyl (C=O) groups is 1. The molecule has 0 saturated heterocycles. The van der Waals surface area contributed by atoms with Crippen LogP contribution in [0, 0.1) is 0 Å². The minimum absolute atomic E-state index is 0.0443. The Bertz CT molecular complexity index is 330. The molecule has 0 atom stereocenters. The summed E-state index contributed by atoms with van der Waals surface area (Å²) in [6.45, 7) is 4.56. The lowest BCUT2D eigenvalue weighted by molar-refractivity contribution is -0.121. The van der Waals surface area contributed by atoms with E-state index in [2.05, 4.69) is 29.6 Å². The average molecular weight is 224 g/mol. The Kier molecular flexibility index (Phi) is 4.82. The van der Waals surface area contributed by atoms with E-state index < -0.39 is 0 Å². The summed E-state index contributed by atoms with van der Waals surface area (Å²) < 4.78 is 1.63. The highest BCUT2D eigenvalue weighted by molar-refractivity contribution is 5.75. The zero-order valence-corrected chi connectivity index (χ0v) is 10.2. The van der Waals surface area contributed by atoms with E-state index in [1.165, 1.54) is 0 Å². The van der Waals surface area contributed by atoms with Crippen molar-refractivity contribution in [1.82, 2.24) is 15.1 Å². The second-order valence-electron chi connectivity index (χ2n) is 3.76. The molecule has 2 N–H and O–H groups in total. The number of nitrogens with one attached hydrogen (secondary N) is 2. The first-order valence-electron chi connectivity index (χ1n) is 5.69. The molecule has 1 aromatic rings. The van der Waals surface area contributed by atoms with E-state index in [9.17, 15) is 4.79 Å². The Morgan fingerprint density at radius 3 is 2.75 bits per heavy atom. The van der Waals surface area contributed by atoms with Gasteiger partial charge < -0.3 is 10.6 Å². The molecule has 0 fully saturated rings. The van der Waals surface area contributed by atoms with Crippen molar-refractivity contribution in [3.8, 4) is 0 Å². The lowest BCUT2D eigenvalue weighted by Gasteiger charge is -2.13. The number of likely N-dealkylation sites (N-methyl/N-ethyl adjacent to an activating group) is 1. The highest BCUT2D eigenvalue weighted by atomic mass is 16.1. The topological polar surface area (TPSA) is 59.0 Å². The van der Waals surface area contributed by atoms with Gasteiger partial charge in [-0.15, -0.1) is 0 Å². The molecular formula is C11H20N4O. The van der Waals surface area contributed by atoms with Gasteiger partial charge in [0.15, 0.2) is 0 Å². The molecule has 1 rings (SSSR count). The van der Waals surface area contributed by atoms with Crippen LogP contribution in [0.1, 0.15) is 26.7 Å². The number of rotatable bonds is 6. The van der Waals surface area contributed by atoms with Gasteiger partial charge >= 0.3 is 0 Å². The Hall–Kier alpha value is -1.52. The number of hydrogen-bond donors (Lipinski definition) is 2. The van der Waals surface area contributed by atoms with E-state index in [0.29, 0.717) is 6.04 Å². The number of nitrogens with zero attached hydrogens (tertiary/aromatic N) is 2. The lowest BCUT2D eigenvalue weighted by atomic mass is 10.2. The minimum Gasteiger partial charge on any atom is -0.380 e. The first-order chi connectivity index (χ1) is 7.69. The molecular weight excluding hydrogens is 204 g/mol. The molecule has 1 aromatic heterocycles. The first kappa shape index (κ1) is 12.5. The highest BCUT2D eigenvalue weighted by Gasteiger charge is 2.06. The number of aromatic nitrogens is 2. The predicted octanol–water partition coefficient (Wildman–Crippen LogP) is 1.23. The van der Waals surface area contributed by atoms with E-state index >= 15 is 0 Å². The Morgan fingerprint density at radius 2 is 2.19 bits per heavy atom. The van der Waals surface area contributed by atoms with Gasteiger partial charge in [0.05, 0.1) is 11.9 Å². The third-order valence-corrected chi connectivity index (χ3v) is 2.57. The predicted molar refractivity (Wildman–Crippen MR) is 64.3 cm³/mol. The Balaban J connectivity index is 2.54. The van der Waals surface area contributed by atoms with Gasteiger partial charge in [0, 0.05) is 19.3 Å². The van der Waals surface area contributed by atoms with Crippen LogP contribution in [0.2, 0.25) is 0 Å². The molecule has 5 heteroatoms. The molecule has 0 aliphatic heterocycles. The van der Waals surface area contributed by atoms with Gasteiger partial charge in [-0.3, -0.25) is 9.48 Å². The van der Waals surface area contributed by atoms with Crippen LogP contribution < -0.4 is 10.6 Å². The second kappa shape index (κ2) is 6.15. The quantitative estimate of drug-likeness (QED) is 0.764. The first-order valence-corrected chi connectivity index (χ1v) is 5.69. The molecule has 0 radical (unpaired) electrons. The monoisotopic (exact) mass is 224 g/mol. The summed E-state index contributed by atoms with van der Waals surface area (Å²) in [5.74, 6) is -0.0443. The van der Waals surface area contributed by atoms with Gasteiger partial charge in [-0.05, 0) is 12.8 Å². The lowest BCUT2D eigenvalue weighted by Crippen LogP contribution is -2.23. The molecule has 90 valence electrons. The standard InChI is InChI=1S/C11H20N4O/c1-4-9(5-2)14-10-6-13-15(7-10)8-11(16)12-3/h6-7,9,14H,4-5,8H2,1-3H3,(H,12,16). The molecule has 16 heavy (non-hydrogen) atoms. The van der Waals surface area contributed by atoms with Crippen molar-refractivity contribution in [3.63, 3.8) is 0 Å². The van der Waals surface area contributed by atoms with Crippen molar-refractivity contribution in [2.75, 3.05) is 12.4 Å². The van der Waals surface area contributed by atoms with Crippen molar-refractivity contribution >= 4 is 11.6 Å². The van der Waals surface area contributed by atoms with Gasteiger partial charge in [-0.2, -0.15) is 5.10 Å². The molecule has 0 unspecified atom stereocenters. The Morgan fingerprint density at radius 1 is 1.50 bits per heavy atom. The fourth-order valence-electron chi connectivity index (χ4n) is 1.48. The van der Waals surface area contributed by atoms with Gasteiger partial charge in [0.2, 0.25) is 5.91 Å². The number of carbonyl (C=O) groups excluding carboxylic acids is 1. The minimum atomic E-state index is -0.0443. The fourth-order valence-corrected chi connectivity index (χ4v) is 1.48. The summed E-state index contributed by atoms with van der Waals surface area (Å²) in [6.07, 6.45) is 5.77. The summed E-state index contributed by atoms with van der Waals surface area (Å²) in [7, 11) is 1.62. The van der Waals surface area contributed by atoms with Crippen LogP contribution in [0.3, 0.4) is 0 Å². The summed E-state index contributed by atoms with van der Waals surface area (Å²) in [6, 6.07) is 0.470. The van der Waals surface area contributed by atoms with Gasteiger partial charge in [0.25, 0.3) is 0 Å². The molecule has 5 nitrogen and oxygen atoms in total. The van der Waals surface area contributed by atoms with Crippen LogP contribution in [-0.2, 0) is 11.3 Å². The maximum absolute atomic E-state index is 11.1. The van der Waals surface area contributed by atoms with E-state index in [4.69, 9.17) is 0 Å². The fraction of sp³-hybridized carbons (Fsp3) is 0.636. The van der Waals surface area contributed by atoms with Crippen molar-refractivity contribution in [3.05, 3.63) is 12.4 Å². The molecule has 0 aliphatic carbocycles. The van der Waals surface area contributed by atoms with E-state index in [1.54, 1.807) is 17.9 Å². The number of hydrogen-bond acceptors (Lipinski definition) is 3. The number of amides is 1. The van der Waals surface area contributed by atoms with Crippen LogP contribution >= 0.6 is 0 Å². The highest BCUT2D eigenvalue weighted by Crippen LogP contribution is 2.10. The smallest absolute Gasteiger partial charge is 0.241 e. The van der Waals surface area contributed by atoms with Gasteiger partial charge in [-0.25, -0.2) is 0 Å². The van der Waals surface area contributed by atoms with E-state index in [0.717, 1.165) is 18.5 Å². The molecule has 1 amide bonds. The zero-order valence-electron chi connectivity index (χ0n) is 10.2. The molecule has 0 bridgehead atoms. The zero-order chi connectivity index (χ0) is 12.0. The summed E-state index contributed by atoms with van der Waals surface area (Å²) in [4.78, 5) is 11.1. The molecule has 0 saturated carbocycles. The van der Waals surface area contributed by atoms with Gasteiger partial charge in [-0.1, -0.05) is 13.8 Å². The van der Waals surface area contributed by atoms with Crippen molar-refractivity contribution in [2.24, 2.45) is 0 Å². The molecule has 1 heterocycles. The normalized spacial score (nSPS) is 10.5. The van der Waals surface area contributed by atoms with Crippen LogP contribution in [0.4, 0.5) is 5.69 Å². The van der Waals surface area contributed by atoms with E-state index in [-0.39, 0.29) is 12.5 Å². The molecule has 0 aromatic carbocycles. The maximum Gasteiger partial charge on any atom is 0.241 e. The third kappa shape index (κ3) is 3.56. The Labute approximate surface area is 96.2 Å². The van der Waals surface area contributed by atoms with Crippen molar-refractivity contribution in [1.29, 1.82) is 0 Å². The number of anilines is 1. The second-order valence-corrected chi connectivity index (χ2v) is 3.76. The summed E-state index contributed by atoms with van der Waals surface area (Å²) >= 11 is 0. The van der Waals surface area contributed by atoms with E-state index in [1.807, 2.05) is 6.20 Å². The molecule has 0 spiro atoms. The van der Waals surface area contributed by atoms with Crippen LogP contribution in [0.25, 0.3) is 0 Å². The molecule has 0 aliphatic rings. The van der Waals surface area contributed by atoms with Crippen LogP contribution in [0.15, 0.2) is 12.4 Å². The summed E-state index contributed by atoms with van der Waals surface area (Å²) in [5, 5.41) is 10.1. The van der Waals surface area contributed by atoms with Gasteiger partial charge in [0.1, 0.15) is 6.54 Å². The largest absolute Gasteiger partial charge is 0.380 e.